The first-order valence-corrected chi connectivity index (χ1v) is 12.4. The zero-order valence-electron chi connectivity index (χ0n) is 17.4. The van der Waals surface area contributed by atoms with Gasteiger partial charge in [0.2, 0.25) is 10.0 Å². The fraction of sp³-hybridized carbons (Fsp3) is 0.435. The molecule has 1 aromatic carbocycles. The maximum Gasteiger partial charge on any atom is 0.258 e. The summed E-state index contributed by atoms with van der Waals surface area (Å²) >= 11 is 0. The van der Waals surface area contributed by atoms with Crippen molar-refractivity contribution >= 4 is 10.0 Å². The summed E-state index contributed by atoms with van der Waals surface area (Å²) in [6.45, 7) is 0.568. The van der Waals surface area contributed by atoms with E-state index in [0.717, 1.165) is 37.7 Å². The summed E-state index contributed by atoms with van der Waals surface area (Å²) in [4.78, 5) is 8.89. The van der Waals surface area contributed by atoms with Crippen molar-refractivity contribution in [1.82, 2.24) is 19.4 Å². The van der Waals surface area contributed by atoms with Gasteiger partial charge in [0.25, 0.3) is 5.89 Å². The third-order valence-corrected chi connectivity index (χ3v) is 8.29. The van der Waals surface area contributed by atoms with Crippen LogP contribution in [0.5, 0.6) is 0 Å². The van der Waals surface area contributed by atoms with Crippen molar-refractivity contribution in [3.8, 4) is 11.5 Å². The molecule has 1 fully saturated rings. The third-order valence-electron chi connectivity index (χ3n) is 6.35. The van der Waals surface area contributed by atoms with Gasteiger partial charge in [0, 0.05) is 37.0 Å². The van der Waals surface area contributed by atoms with Gasteiger partial charge in [-0.05, 0) is 80.3 Å². The van der Waals surface area contributed by atoms with Crippen LogP contribution in [0.2, 0.25) is 0 Å². The normalized spacial score (nSPS) is 19.4. The number of nitrogens with zero attached hydrogens (tertiary/aromatic N) is 4. The molecule has 1 saturated heterocycles. The zero-order chi connectivity index (χ0) is 21.3. The van der Waals surface area contributed by atoms with Crippen LogP contribution in [-0.4, -0.2) is 40.4 Å². The minimum Gasteiger partial charge on any atom is -0.334 e. The molecule has 0 radical (unpaired) electrons. The van der Waals surface area contributed by atoms with E-state index in [1.165, 1.54) is 17.5 Å². The van der Waals surface area contributed by atoms with Crippen molar-refractivity contribution in [2.45, 2.75) is 62.3 Å². The maximum absolute atomic E-state index is 13.4. The van der Waals surface area contributed by atoms with Gasteiger partial charge in [0.15, 0.2) is 5.82 Å². The molecule has 0 N–H and O–H groups in total. The molecule has 1 unspecified atom stereocenters. The first-order valence-electron chi connectivity index (χ1n) is 11.0. The molecule has 162 valence electrons. The van der Waals surface area contributed by atoms with Gasteiger partial charge in [0.1, 0.15) is 0 Å². The Morgan fingerprint density at radius 2 is 1.84 bits per heavy atom. The molecule has 1 aliphatic heterocycles. The fourth-order valence-corrected chi connectivity index (χ4v) is 6.46. The van der Waals surface area contributed by atoms with Gasteiger partial charge >= 0.3 is 0 Å². The van der Waals surface area contributed by atoms with Gasteiger partial charge in [-0.15, -0.1) is 0 Å². The van der Waals surface area contributed by atoms with E-state index in [4.69, 9.17) is 4.52 Å². The van der Waals surface area contributed by atoms with Crippen LogP contribution in [0.4, 0.5) is 0 Å². The van der Waals surface area contributed by atoms with Crippen LogP contribution in [-0.2, 0) is 29.3 Å². The second-order valence-electron chi connectivity index (χ2n) is 8.34. The number of hydrogen-bond donors (Lipinski definition) is 0. The predicted octanol–water partition coefficient (Wildman–Crippen LogP) is 3.80. The summed E-state index contributed by atoms with van der Waals surface area (Å²) in [6, 6.07) is 9.30. The predicted molar refractivity (Wildman–Crippen MR) is 116 cm³/mol. The summed E-state index contributed by atoms with van der Waals surface area (Å²) in [5.74, 6) is 1.06. The number of aryl methyl sites for hydroxylation is 3. The molecule has 0 bridgehead atoms. The Bertz CT molecular complexity index is 1160. The fourth-order valence-electron chi connectivity index (χ4n) is 4.68. The van der Waals surface area contributed by atoms with E-state index in [1.807, 2.05) is 24.3 Å². The molecule has 7 nitrogen and oxygen atoms in total. The first kappa shape index (κ1) is 20.3. The lowest BCUT2D eigenvalue weighted by Crippen LogP contribution is -2.36. The molecule has 0 saturated carbocycles. The van der Waals surface area contributed by atoms with Gasteiger partial charge < -0.3 is 4.52 Å². The quantitative estimate of drug-likeness (QED) is 0.582. The lowest BCUT2D eigenvalue weighted by atomic mass is 9.92. The molecule has 0 amide bonds. The molecular formula is C23H26N4O3S. The SMILES string of the molecule is O=S(=O)(c1ccc2c(c1)CCCC2)N1CCCC1CCc1noc(-c2ccncc2)n1. The van der Waals surface area contributed by atoms with Crippen LogP contribution in [0.3, 0.4) is 0 Å². The Balaban J connectivity index is 1.29. The maximum atomic E-state index is 13.4. The van der Waals surface area contributed by atoms with E-state index < -0.39 is 10.0 Å². The molecule has 5 rings (SSSR count). The Kier molecular flexibility index (Phi) is 5.58. The monoisotopic (exact) mass is 438 g/mol. The molecule has 2 aromatic heterocycles. The highest BCUT2D eigenvalue weighted by Gasteiger charge is 2.35. The summed E-state index contributed by atoms with van der Waals surface area (Å²) in [5, 5.41) is 4.07. The van der Waals surface area contributed by atoms with E-state index in [1.54, 1.807) is 22.8 Å². The summed E-state index contributed by atoms with van der Waals surface area (Å²) in [7, 11) is -3.50. The topological polar surface area (TPSA) is 89.2 Å². The Morgan fingerprint density at radius 1 is 1.03 bits per heavy atom. The number of hydrogen-bond acceptors (Lipinski definition) is 6. The van der Waals surface area contributed by atoms with E-state index in [0.29, 0.717) is 36.0 Å². The molecule has 3 aromatic rings. The van der Waals surface area contributed by atoms with Gasteiger partial charge in [-0.2, -0.15) is 9.29 Å². The van der Waals surface area contributed by atoms with Crippen molar-refractivity contribution < 1.29 is 12.9 Å². The highest BCUT2D eigenvalue weighted by atomic mass is 32.2. The van der Waals surface area contributed by atoms with Gasteiger partial charge in [-0.25, -0.2) is 8.42 Å². The number of sulfonamides is 1. The molecule has 31 heavy (non-hydrogen) atoms. The molecule has 3 heterocycles. The molecule has 1 aliphatic carbocycles. The van der Waals surface area contributed by atoms with Crippen LogP contribution in [0.25, 0.3) is 11.5 Å². The van der Waals surface area contributed by atoms with Crippen molar-refractivity contribution in [3.63, 3.8) is 0 Å². The molecule has 2 aliphatic rings. The zero-order valence-corrected chi connectivity index (χ0v) is 18.2. The molecule has 1 atom stereocenters. The summed E-state index contributed by atoms with van der Waals surface area (Å²) < 4.78 is 33.8. The number of fused-ring (bicyclic) bond motifs is 1. The summed E-state index contributed by atoms with van der Waals surface area (Å²) in [6.07, 6.45) is 10.7. The van der Waals surface area contributed by atoms with Crippen LogP contribution in [0, 0.1) is 0 Å². The minimum absolute atomic E-state index is 0.0380. The average Bonchev–Trinajstić information content (AvgIpc) is 3.48. The lowest BCUT2D eigenvalue weighted by molar-refractivity contribution is 0.364. The summed E-state index contributed by atoms with van der Waals surface area (Å²) in [5.41, 5.74) is 3.31. The van der Waals surface area contributed by atoms with Gasteiger partial charge in [0.05, 0.1) is 4.90 Å². The molecule has 8 heteroatoms. The highest BCUT2D eigenvalue weighted by molar-refractivity contribution is 7.89. The van der Waals surface area contributed by atoms with Crippen molar-refractivity contribution in [1.29, 1.82) is 0 Å². The Labute approximate surface area is 182 Å². The number of aromatic nitrogens is 3. The van der Waals surface area contributed by atoms with Crippen LogP contribution in [0.1, 0.15) is 49.1 Å². The van der Waals surface area contributed by atoms with Crippen LogP contribution < -0.4 is 0 Å². The van der Waals surface area contributed by atoms with E-state index in [-0.39, 0.29) is 6.04 Å². The number of rotatable bonds is 6. The van der Waals surface area contributed by atoms with Gasteiger partial charge in [-0.1, -0.05) is 11.2 Å². The number of benzene rings is 1. The van der Waals surface area contributed by atoms with E-state index in [9.17, 15) is 8.42 Å². The first-order chi connectivity index (χ1) is 15.1. The standard InChI is InChI=1S/C23H26N4O3S/c28-31(29,21-9-7-17-4-1-2-5-19(17)16-21)27-15-3-6-20(27)8-10-22-25-23(30-26-22)18-11-13-24-14-12-18/h7,9,11-14,16,20H,1-6,8,10,15H2. The molecular weight excluding hydrogens is 412 g/mol. The Morgan fingerprint density at radius 3 is 2.68 bits per heavy atom. The second kappa shape index (κ2) is 8.51. The third kappa shape index (κ3) is 4.14. The van der Waals surface area contributed by atoms with Crippen LogP contribution >= 0.6 is 0 Å². The smallest absolute Gasteiger partial charge is 0.258 e. The van der Waals surface area contributed by atoms with E-state index >= 15 is 0 Å². The number of pyridine rings is 1. The minimum atomic E-state index is -3.50. The van der Waals surface area contributed by atoms with Crippen molar-refractivity contribution in [2.24, 2.45) is 0 Å². The Hall–Kier alpha value is -2.58. The largest absolute Gasteiger partial charge is 0.334 e. The van der Waals surface area contributed by atoms with Crippen molar-refractivity contribution in [2.75, 3.05) is 6.54 Å². The van der Waals surface area contributed by atoms with Crippen molar-refractivity contribution in [3.05, 3.63) is 59.7 Å². The average molecular weight is 439 g/mol. The van der Waals surface area contributed by atoms with Crippen LogP contribution in [0.15, 0.2) is 52.1 Å². The van der Waals surface area contributed by atoms with E-state index in [2.05, 4.69) is 15.1 Å². The lowest BCUT2D eigenvalue weighted by Gasteiger charge is -2.25. The molecule has 0 spiro atoms. The second-order valence-corrected chi connectivity index (χ2v) is 10.2. The van der Waals surface area contributed by atoms with Gasteiger partial charge in [-0.3, -0.25) is 4.98 Å². The highest BCUT2D eigenvalue weighted by Crippen LogP contribution is 2.31.